The van der Waals surface area contributed by atoms with Crippen LogP contribution in [0.1, 0.15) is 6.42 Å². The number of amides is 2. The number of halogens is 1. The number of carbonyl (C=O) groups is 2. The summed E-state index contributed by atoms with van der Waals surface area (Å²) in [5.41, 5.74) is 0.714. The van der Waals surface area contributed by atoms with E-state index in [2.05, 4.69) is 26.2 Å². The van der Waals surface area contributed by atoms with Gasteiger partial charge in [0.15, 0.2) is 5.17 Å². The van der Waals surface area contributed by atoms with Crippen LogP contribution in [0.15, 0.2) is 33.7 Å². The molecular formula is C13H12BrN3O2S. The van der Waals surface area contributed by atoms with Crippen molar-refractivity contribution in [3.05, 3.63) is 28.7 Å². The standard InChI is InChI=1S/C13H12BrN3O2S/c14-8-3-1-2-4-9(8)16-11(18)7-10-12(19)17-6-5-15-13(17)20-10/h1-4,10H,5-7H2,(H,16,18)/t10-/m1/s1. The van der Waals surface area contributed by atoms with E-state index in [1.165, 1.54) is 11.8 Å². The van der Waals surface area contributed by atoms with Crippen LogP contribution >= 0.6 is 27.7 Å². The fraction of sp³-hybridized carbons (Fsp3) is 0.308. The van der Waals surface area contributed by atoms with E-state index in [1.54, 1.807) is 4.90 Å². The molecule has 1 aromatic rings. The Kier molecular flexibility index (Phi) is 3.80. The average molecular weight is 354 g/mol. The van der Waals surface area contributed by atoms with Crippen molar-refractivity contribution < 1.29 is 9.59 Å². The third-order valence-electron chi connectivity index (χ3n) is 3.11. The minimum absolute atomic E-state index is 0.00599. The first-order valence-electron chi connectivity index (χ1n) is 6.22. The topological polar surface area (TPSA) is 61.8 Å². The number of fused-ring (bicyclic) bond motifs is 1. The Morgan fingerprint density at radius 3 is 3.05 bits per heavy atom. The van der Waals surface area contributed by atoms with E-state index in [-0.39, 0.29) is 23.5 Å². The summed E-state index contributed by atoms with van der Waals surface area (Å²) in [6.07, 6.45) is 0.167. The van der Waals surface area contributed by atoms with Gasteiger partial charge >= 0.3 is 0 Å². The summed E-state index contributed by atoms with van der Waals surface area (Å²) < 4.78 is 0.823. The molecule has 0 unspecified atom stereocenters. The molecule has 2 amide bonds. The number of amidine groups is 1. The number of nitrogens with zero attached hydrogens (tertiary/aromatic N) is 2. The molecule has 104 valence electrons. The molecule has 1 atom stereocenters. The first kappa shape index (κ1) is 13.6. The van der Waals surface area contributed by atoms with Crippen LogP contribution in [0.3, 0.4) is 0 Å². The van der Waals surface area contributed by atoms with E-state index in [1.807, 2.05) is 24.3 Å². The number of hydrogen-bond acceptors (Lipinski definition) is 4. The van der Waals surface area contributed by atoms with Gasteiger partial charge in [0.25, 0.3) is 0 Å². The van der Waals surface area contributed by atoms with Crippen LogP contribution in [0.2, 0.25) is 0 Å². The number of nitrogens with one attached hydrogen (secondary N) is 1. The van der Waals surface area contributed by atoms with Crippen molar-refractivity contribution in [3.8, 4) is 0 Å². The number of benzene rings is 1. The van der Waals surface area contributed by atoms with E-state index in [9.17, 15) is 9.59 Å². The number of para-hydroxylation sites is 1. The van der Waals surface area contributed by atoms with Gasteiger partial charge in [-0.3, -0.25) is 19.5 Å². The zero-order valence-corrected chi connectivity index (χ0v) is 12.9. The lowest BCUT2D eigenvalue weighted by Crippen LogP contribution is -2.32. The van der Waals surface area contributed by atoms with Crippen molar-refractivity contribution in [3.63, 3.8) is 0 Å². The molecule has 3 rings (SSSR count). The fourth-order valence-electron chi connectivity index (χ4n) is 2.14. The van der Waals surface area contributed by atoms with Crippen molar-refractivity contribution in [2.45, 2.75) is 11.7 Å². The summed E-state index contributed by atoms with van der Waals surface area (Å²) in [5, 5.41) is 3.22. The van der Waals surface area contributed by atoms with E-state index in [4.69, 9.17) is 0 Å². The van der Waals surface area contributed by atoms with Crippen LogP contribution < -0.4 is 5.32 Å². The Hall–Kier alpha value is -1.34. The normalized spacial score (nSPS) is 20.9. The Morgan fingerprint density at radius 2 is 2.30 bits per heavy atom. The first-order chi connectivity index (χ1) is 9.65. The van der Waals surface area contributed by atoms with Gasteiger partial charge in [-0.15, -0.1) is 0 Å². The van der Waals surface area contributed by atoms with Gasteiger partial charge in [0.1, 0.15) is 5.25 Å². The summed E-state index contributed by atoms with van der Waals surface area (Å²) in [7, 11) is 0. The highest BCUT2D eigenvalue weighted by Crippen LogP contribution is 2.32. The zero-order chi connectivity index (χ0) is 14.1. The first-order valence-corrected chi connectivity index (χ1v) is 7.89. The average Bonchev–Trinajstić information content (AvgIpc) is 2.97. The zero-order valence-electron chi connectivity index (χ0n) is 10.5. The van der Waals surface area contributed by atoms with E-state index in [0.29, 0.717) is 18.8 Å². The van der Waals surface area contributed by atoms with E-state index < -0.39 is 0 Å². The van der Waals surface area contributed by atoms with Crippen LogP contribution in [0.4, 0.5) is 5.69 Å². The molecule has 0 bridgehead atoms. The van der Waals surface area contributed by atoms with Crippen molar-refractivity contribution in [2.24, 2.45) is 4.99 Å². The quantitative estimate of drug-likeness (QED) is 0.904. The Labute approximate surface area is 128 Å². The molecule has 1 fully saturated rings. The van der Waals surface area contributed by atoms with Gasteiger partial charge in [0, 0.05) is 17.4 Å². The van der Waals surface area contributed by atoms with Crippen molar-refractivity contribution >= 4 is 50.4 Å². The SMILES string of the molecule is O=C(C[C@H]1SC2=NCCN2C1=O)Nc1ccccc1Br. The second-order valence-electron chi connectivity index (χ2n) is 4.49. The highest BCUT2D eigenvalue weighted by molar-refractivity contribution is 9.10. The van der Waals surface area contributed by atoms with Crippen LogP contribution in [0.25, 0.3) is 0 Å². The van der Waals surface area contributed by atoms with Gasteiger partial charge in [0.05, 0.1) is 12.2 Å². The van der Waals surface area contributed by atoms with Crippen molar-refractivity contribution in [2.75, 3.05) is 18.4 Å². The lowest BCUT2D eigenvalue weighted by Gasteiger charge is -2.11. The number of carbonyl (C=O) groups excluding carboxylic acids is 2. The number of aliphatic imine (C=N–C) groups is 1. The maximum Gasteiger partial charge on any atom is 0.242 e. The maximum absolute atomic E-state index is 12.1. The smallest absolute Gasteiger partial charge is 0.242 e. The molecular weight excluding hydrogens is 342 g/mol. The molecule has 0 spiro atoms. The number of anilines is 1. The number of hydrogen-bond donors (Lipinski definition) is 1. The Bertz CT molecular complexity index is 605. The summed E-state index contributed by atoms with van der Waals surface area (Å²) >= 11 is 4.76. The van der Waals surface area contributed by atoms with E-state index in [0.717, 1.165) is 9.64 Å². The predicted molar refractivity (Wildman–Crippen MR) is 82.8 cm³/mol. The molecule has 0 radical (unpaired) electrons. The van der Waals surface area contributed by atoms with Crippen LogP contribution in [-0.2, 0) is 9.59 Å². The lowest BCUT2D eigenvalue weighted by molar-refractivity contribution is -0.127. The lowest BCUT2D eigenvalue weighted by atomic mass is 10.2. The molecule has 20 heavy (non-hydrogen) atoms. The molecule has 2 aliphatic rings. The fourth-order valence-corrected chi connectivity index (χ4v) is 3.72. The predicted octanol–water partition coefficient (Wildman–Crippen LogP) is 2.09. The van der Waals surface area contributed by atoms with Crippen LogP contribution in [0.5, 0.6) is 0 Å². The summed E-state index contributed by atoms with van der Waals surface area (Å²) in [6.45, 7) is 1.31. The third kappa shape index (κ3) is 2.60. The highest BCUT2D eigenvalue weighted by atomic mass is 79.9. The minimum Gasteiger partial charge on any atom is -0.325 e. The largest absolute Gasteiger partial charge is 0.325 e. The van der Waals surface area contributed by atoms with Crippen LogP contribution in [-0.4, -0.2) is 40.2 Å². The summed E-state index contributed by atoms with van der Waals surface area (Å²) in [6, 6.07) is 7.40. The number of thioether (sulfide) groups is 1. The molecule has 5 nitrogen and oxygen atoms in total. The maximum atomic E-state index is 12.1. The minimum atomic E-state index is -0.350. The van der Waals surface area contributed by atoms with Gasteiger partial charge in [-0.2, -0.15) is 0 Å². The Morgan fingerprint density at radius 1 is 1.50 bits per heavy atom. The Balaban J connectivity index is 1.63. The third-order valence-corrected chi connectivity index (χ3v) is 5.01. The molecule has 1 saturated heterocycles. The monoisotopic (exact) mass is 353 g/mol. The molecule has 0 aromatic heterocycles. The summed E-state index contributed by atoms with van der Waals surface area (Å²) in [5.74, 6) is -0.168. The number of rotatable bonds is 3. The molecule has 1 N–H and O–H groups in total. The van der Waals surface area contributed by atoms with E-state index >= 15 is 0 Å². The van der Waals surface area contributed by atoms with Gasteiger partial charge < -0.3 is 5.32 Å². The van der Waals surface area contributed by atoms with Gasteiger partial charge in [-0.1, -0.05) is 23.9 Å². The van der Waals surface area contributed by atoms with Crippen molar-refractivity contribution in [1.82, 2.24) is 4.90 Å². The molecule has 2 heterocycles. The van der Waals surface area contributed by atoms with Crippen molar-refractivity contribution in [1.29, 1.82) is 0 Å². The second-order valence-corrected chi connectivity index (χ2v) is 6.52. The molecule has 0 saturated carbocycles. The van der Waals surface area contributed by atoms with Gasteiger partial charge in [0.2, 0.25) is 11.8 Å². The molecule has 1 aromatic carbocycles. The highest BCUT2D eigenvalue weighted by Gasteiger charge is 2.40. The van der Waals surface area contributed by atoms with Crippen LogP contribution in [0, 0.1) is 0 Å². The molecule has 7 heteroatoms. The van der Waals surface area contributed by atoms with Gasteiger partial charge in [-0.05, 0) is 28.1 Å². The molecule has 2 aliphatic heterocycles. The van der Waals surface area contributed by atoms with Gasteiger partial charge in [-0.25, -0.2) is 0 Å². The summed E-state index contributed by atoms with van der Waals surface area (Å²) in [4.78, 5) is 30.0. The second kappa shape index (κ2) is 5.57. The molecule has 0 aliphatic carbocycles.